The number of rotatable bonds is 3. The summed E-state index contributed by atoms with van der Waals surface area (Å²) in [7, 11) is 0. The van der Waals surface area contributed by atoms with Gasteiger partial charge in [0.15, 0.2) is 0 Å². The van der Waals surface area contributed by atoms with Gasteiger partial charge in [0, 0.05) is 23.6 Å². The fraction of sp³-hybridized carbons (Fsp3) is 0.429. The van der Waals surface area contributed by atoms with E-state index in [0.717, 1.165) is 32.1 Å². The lowest BCUT2D eigenvalue weighted by atomic mass is 9.88. The van der Waals surface area contributed by atoms with E-state index in [1.54, 1.807) is 0 Å². The molecule has 6 nitrogen and oxygen atoms in total. The molecule has 2 rings (SSSR count). The molecule has 20 heavy (non-hydrogen) atoms. The van der Waals surface area contributed by atoms with Crippen LogP contribution < -0.4 is 5.32 Å². The van der Waals surface area contributed by atoms with Crippen LogP contribution >= 0.6 is 0 Å². The van der Waals surface area contributed by atoms with Crippen LogP contribution in [-0.2, 0) is 4.79 Å². The van der Waals surface area contributed by atoms with E-state index in [2.05, 4.69) is 5.32 Å². The second-order valence-corrected chi connectivity index (χ2v) is 4.96. The quantitative estimate of drug-likeness (QED) is 0.521. The molecule has 2 amide bonds. The standard InChI is InChI=1S/C14H16N2O4/c17-13(10-4-2-1-3-5-10)15-14(18)11-6-8-12(9-7-11)16(19)20/h6-10H,1-5H2,(H,15,17,18). The number of nitrogens with zero attached hydrogens (tertiary/aromatic N) is 1. The van der Waals surface area contributed by atoms with Crippen molar-refractivity contribution in [1.82, 2.24) is 5.32 Å². The molecule has 6 heteroatoms. The summed E-state index contributed by atoms with van der Waals surface area (Å²) in [4.78, 5) is 33.8. The Labute approximate surface area is 116 Å². The fourth-order valence-electron chi connectivity index (χ4n) is 2.39. The van der Waals surface area contributed by atoms with Crippen molar-refractivity contribution in [3.05, 3.63) is 39.9 Å². The van der Waals surface area contributed by atoms with Gasteiger partial charge in [0.2, 0.25) is 5.91 Å². The molecule has 0 aliphatic heterocycles. The van der Waals surface area contributed by atoms with Gasteiger partial charge >= 0.3 is 0 Å². The molecule has 0 bridgehead atoms. The maximum absolute atomic E-state index is 11.9. The number of hydrogen-bond acceptors (Lipinski definition) is 4. The predicted octanol–water partition coefficient (Wildman–Crippen LogP) is 2.43. The lowest BCUT2D eigenvalue weighted by Crippen LogP contribution is -2.36. The van der Waals surface area contributed by atoms with E-state index in [4.69, 9.17) is 0 Å². The first-order valence-corrected chi connectivity index (χ1v) is 6.67. The zero-order valence-electron chi connectivity index (χ0n) is 11.0. The molecule has 106 valence electrons. The van der Waals surface area contributed by atoms with Crippen molar-refractivity contribution in [3.8, 4) is 0 Å². The van der Waals surface area contributed by atoms with Crippen molar-refractivity contribution in [1.29, 1.82) is 0 Å². The lowest BCUT2D eigenvalue weighted by molar-refractivity contribution is -0.384. The first kappa shape index (κ1) is 14.2. The van der Waals surface area contributed by atoms with Gasteiger partial charge in [-0.15, -0.1) is 0 Å². The molecule has 0 saturated heterocycles. The summed E-state index contributed by atoms with van der Waals surface area (Å²) >= 11 is 0. The van der Waals surface area contributed by atoms with E-state index in [-0.39, 0.29) is 23.1 Å². The molecule has 0 unspecified atom stereocenters. The second kappa shape index (κ2) is 6.27. The van der Waals surface area contributed by atoms with E-state index in [1.165, 1.54) is 24.3 Å². The summed E-state index contributed by atoms with van der Waals surface area (Å²) in [6, 6.07) is 5.20. The van der Waals surface area contributed by atoms with E-state index in [1.807, 2.05) is 0 Å². The smallest absolute Gasteiger partial charge is 0.269 e. The molecule has 1 fully saturated rings. The number of nitro benzene ring substituents is 1. The monoisotopic (exact) mass is 276 g/mol. The average Bonchev–Trinajstić information content (AvgIpc) is 2.48. The highest BCUT2D eigenvalue weighted by molar-refractivity contribution is 6.05. The second-order valence-electron chi connectivity index (χ2n) is 4.96. The zero-order chi connectivity index (χ0) is 14.5. The predicted molar refractivity (Wildman–Crippen MR) is 72.1 cm³/mol. The van der Waals surface area contributed by atoms with Crippen LogP contribution in [0.1, 0.15) is 42.5 Å². The lowest BCUT2D eigenvalue weighted by Gasteiger charge is -2.20. The zero-order valence-corrected chi connectivity index (χ0v) is 11.0. The number of benzene rings is 1. The molecule has 0 radical (unpaired) electrons. The number of carbonyl (C=O) groups excluding carboxylic acids is 2. The van der Waals surface area contributed by atoms with Gasteiger partial charge in [0.1, 0.15) is 0 Å². The van der Waals surface area contributed by atoms with Gasteiger partial charge in [0.25, 0.3) is 11.6 Å². The number of nitrogens with one attached hydrogen (secondary N) is 1. The Balaban J connectivity index is 1.96. The van der Waals surface area contributed by atoms with Crippen LogP contribution in [0, 0.1) is 16.0 Å². The summed E-state index contributed by atoms with van der Waals surface area (Å²) in [5.74, 6) is -0.839. The Hall–Kier alpha value is -2.24. The van der Waals surface area contributed by atoms with Gasteiger partial charge in [-0.1, -0.05) is 19.3 Å². The number of hydrogen-bond donors (Lipinski definition) is 1. The van der Waals surface area contributed by atoms with Crippen molar-refractivity contribution < 1.29 is 14.5 Å². The number of nitro groups is 1. The van der Waals surface area contributed by atoms with Crippen LogP contribution in [0.2, 0.25) is 0 Å². The molecule has 1 aromatic carbocycles. The topological polar surface area (TPSA) is 89.3 Å². The molecular formula is C14H16N2O4. The highest BCUT2D eigenvalue weighted by Crippen LogP contribution is 2.23. The van der Waals surface area contributed by atoms with Crippen molar-refractivity contribution in [3.63, 3.8) is 0 Å². The SMILES string of the molecule is O=C(NC(=O)C1CCCCC1)c1ccc([N+](=O)[O-])cc1. The minimum Gasteiger partial charge on any atom is -0.292 e. The van der Waals surface area contributed by atoms with E-state index < -0.39 is 10.8 Å². The molecule has 1 N–H and O–H groups in total. The molecular weight excluding hydrogens is 260 g/mol. The Bertz CT molecular complexity index is 518. The van der Waals surface area contributed by atoms with Crippen molar-refractivity contribution in [2.45, 2.75) is 32.1 Å². The minimum absolute atomic E-state index is 0.0832. The number of imide groups is 1. The van der Waals surface area contributed by atoms with E-state index in [9.17, 15) is 19.7 Å². The van der Waals surface area contributed by atoms with Crippen LogP contribution in [0.3, 0.4) is 0 Å². The summed E-state index contributed by atoms with van der Waals surface area (Å²) in [5, 5.41) is 12.9. The Morgan fingerprint density at radius 2 is 1.70 bits per heavy atom. The highest BCUT2D eigenvalue weighted by atomic mass is 16.6. The maximum atomic E-state index is 11.9. The number of non-ortho nitro benzene ring substituents is 1. The molecule has 1 aromatic rings. The molecule has 0 spiro atoms. The van der Waals surface area contributed by atoms with Crippen molar-refractivity contribution >= 4 is 17.5 Å². The third kappa shape index (κ3) is 3.40. The fourth-order valence-corrected chi connectivity index (χ4v) is 2.39. The maximum Gasteiger partial charge on any atom is 0.269 e. The minimum atomic E-state index is -0.533. The summed E-state index contributed by atoms with van der Waals surface area (Å²) in [5.41, 5.74) is 0.167. The largest absolute Gasteiger partial charge is 0.292 e. The van der Waals surface area contributed by atoms with Gasteiger partial charge in [-0.05, 0) is 25.0 Å². The Kier molecular flexibility index (Phi) is 4.45. The molecule has 0 heterocycles. The third-order valence-electron chi connectivity index (χ3n) is 3.55. The van der Waals surface area contributed by atoms with Crippen LogP contribution in [-0.4, -0.2) is 16.7 Å². The highest BCUT2D eigenvalue weighted by Gasteiger charge is 2.23. The van der Waals surface area contributed by atoms with Gasteiger partial charge < -0.3 is 0 Å². The van der Waals surface area contributed by atoms with Crippen LogP contribution in [0.4, 0.5) is 5.69 Å². The number of carbonyl (C=O) groups is 2. The van der Waals surface area contributed by atoms with Crippen LogP contribution in [0.5, 0.6) is 0 Å². The summed E-state index contributed by atoms with van der Waals surface area (Å²) in [6.07, 6.45) is 4.81. The van der Waals surface area contributed by atoms with E-state index in [0.29, 0.717) is 0 Å². The Morgan fingerprint density at radius 3 is 2.25 bits per heavy atom. The average molecular weight is 276 g/mol. The first-order chi connectivity index (χ1) is 9.58. The van der Waals surface area contributed by atoms with Crippen molar-refractivity contribution in [2.75, 3.05) is 0 Å². The first-order valence-electron chi connectivity index (χ1n) is 6.67. The van der Waals surface area contributed by atoms with Gasteiger partial charge in [0.05, 0.1) is 4.92 Å². The molecule has 1 aliphatic rings. The third-order valence-corrected chi connectivity index (χ3v) is 3.55. The summed E-state index contributed by atoms with van der Waals surface area (Å²) < 4.78 is 0. The normalized spacial score (nSPS) is 15.6. The Morgan fingerprint density at radius 1 is 1.10 bits per heavy atom. The summed E-state index contributed by atoms with van der Waals surface area (Å²) in [6.45, 7) is 0. The molecule has 0 atom stereocenters. The van der Waals surface area contributed by atoms with Gasteiger partial charge in [-0.25, -0.2) is 0 Å². The molecule has 1 saturated carbocycles. The molecule has 1 aliphatic carbocycles. The van der Waals surface area contributed by atoms with Gasteiger partial charge in [-0.3, -0.25) is 25.0 Å². The van der Waals surface area contributed by atoms with Crippen LogP contribution in [0.15, 0.2) is 24.3 Å². The van der Waals surface area contributed by atoms with E-state index >= 15 is 0 Å². The van der Waals surface area contributed by atoms with Crippen LogP contribution in [0.25, 0.3) is 0 Å². The number of amides is 2. The molecule has 0 aromatic heterocycles. The van der Waals surface area contributed by atoms with Gasteiger partial charge in [-0.2, -0.15) is 0 Å². The van der Waals surface area contributed by atoms with Crippen molar-refractivity contribution in [2.24, 2.45) is 5.92 Å².